The predicted molar refractivity (Wildman–Crippen MR) is 93.9 cm³/mol. The number of hydrogen-bond donors (Lipinski definition) is 0. The maximum Gasteiger partial charge on any atom is 0.243 e. The number of methoxy groups -OCH3 is 1. The molecule has 3 rings (SSSR count). The van der Waals surface area contributed by atoms with E-state index >= 15 is 0 Å². The summed E-state index contributed by atoms with van der Waals surface area (Å²) in [6, 6.07) is 12.7. The molecule has 1 aliphatic heterocycles. The molecular weight excluding hydrogens is 362 g/mol. The van der Waals surface area contributed by atoms with Crippen LogP contribution in [0.25, 0.3) is 0 Å². The zero-order valence-corrected chi connectivity index (χ0v) is 15.5. The van der Waals surface area contributed by atoms with Crippen molar-refractivity contribution in [3.63, 3.8) is 0 Å². The van der Waals surface area contributed by atoms with E-state index in [9.17, 15) is 16.8 Å². The lowest BCUT2D eigenvalue weighted by molar-refractivity contribution is 0.309. The van der Waals surface area contributed by atoms with Gasteiger partial charge in [0.15, 0.2) is 9.84 Å². The fourth-order valence-corrected chi connectivity index (χ4v) is 6.15. The van der Waals surface area contributed by atoms with Gasteiger partial charge in [0.1, 0.15) is 5.75 Å². The molecule has 2 aromatic carbocycles. The first-order valence-electron chi connectivity index (χ1n) is 7.70. The van der Waals surface area contributed by atoms with Gasteiger partial charge in [-0.1, -0.05) is 12.1 Å². The molecule has 8 heteroatoms. The van der Waals surface area contributed by atoms with Crippen molar-refractivity contribution in [1.82, 2.24) is 4.31 Å². The summed E-state index contributed by atoms with van der Waals surface area (Å²) in [6.45, 7) is 1.74. The summed E-state index contributed by atoms with van der Waals surface area (Å²) in [5.41, 5.74) is 0.837. The van der Waals surface area contributed by atoms with Gasteiger partial charge in [0.05, 0.1) is 22.2 Å². The zero-order valence-electron chi connectivity index (χ0n) is 13.9. The summed E-state index contributed by atoms with van der Waals surface area (Å²) in [7, 11) is -5.73. The van der Waals surface area contributed by atoms with Crippen LogP contribution in [0.3, 0.4) is 0 Å². The minimum atomic E-state index is -3.66. The lowest BCUT2D eigenvalue weighted by Gasteiger charge is -2.37. The van der Waals surface area contributed by atoms with Gasteiger partial charge in [-0.15, -0.1) is 0 Å². The van der Waals surface area contributed by atoms with Crippen LogP contribution in [0.5, 0.6) is 5.75 Å². The summed E-state index contributed by atoms with van der Waals surface area (Å²) in [4.78, 5) is 0.360. The molecule has 0 aromatic heterocycles. The fraction of sp³-hybridized carbons (Fsp3) is 0.294. The minimum Gasteiger partial charge on any atom is -0.497 e. The largest absolute Gasteiger partial charge is 0.497 e. The summed E-state index contributed by atoms with van der Waals surface area (Å²) >= 11 is 0. The van der Waals surface area contributed by atoms with Gasteiger partial charge in [0.25, 0.3) is 0 Å². The van der Waals surface area contributed by atoms with E-state index in [-0.39, 0.29) is 22.9 Å². The first-order valence-corrected chi connectivity index (χ1v) is 10.7. The van der Waals surface area contributed by atoms with E-state index in [0.29, 0.717) is 5.75 Å². The molecule has 0 aliphatic carbocycles. The topological polar surface area (TPSA) is 80.8 Å². The van der Waals surface area contributed by atoms with Gasteiger partial charge in [-0.05, 0) is 48.9 Å². The van der Waals surface area contributed by atoms with Crippen LogP contribution in [0.1, 0.15) is 5.56 Å². The van der Waals surface area contributed by atoms with Crippen LogP contribution in [-0.4, -0.2) is 46.6 Å². The van der Waals surface area contributed by atoms with Crippen molar-refractivity contribution in [2.24, 2.45) is 0 Å². The van der Waals surface area contributed by atoms with E-state index in [0.717, 1.165) is 5.56 Å². The second kappa shape index (κ2) is 6.44. The minimum absolute atomic E-state index is 0.0371. The first kappa shape index (κ1) is 17.9. The second-order valence-corrected chi connectivity index (χ2v) is 10.1. The highest BCUT2D eigenvalue weighted by Crippen LogP contribution is 2.29. The lowest BCUT2D eigenvalue weighted by Crippen LogP contribution is -2.56. The number of rotatable bonds is 5. The van der Waals surface area contributed by atoms with E-state index in [2.05, 4.69) is 0 Å². The van der Waals surface area contributed by atoms with E-state index in [1.807, 2.05) is 13.0 Å². The average molecular weight is 381 g/mol. The van der Waals surface area contributed by atoms with Crippen molar-refractivity contribution in [3.05, 3.63) is 54.1 Å². The summed E-state index contributed by atoms with van der Waals surface area (Å²) < 4.78 is 56.6. The third kappa shape index (κ3) is 3.29. The van der Waals surface area contributed by atoms with E-state index in [1.165, 1.54) is 29.6 Å². The highest BCUT2D eigenvalue weighted by atomic mass is 32.2. The predicted octanol–water partition coefficient (Wildman–Crippen LogP) is 1.85. The second-order valence-electron chi connectivity index (χ2n) is 5.98. The van der Waals surface area contributed by atoms with Gasteiger partial charge in [0.2, 0.25) is 10.0 Å². The molecule has 0 atom stereocenters. The Balaban J connectivity index is 1.76. The van der Waals surface area contributed by atoms with Crippen LogP contribution in [0.4, 0.5) is 0 Å². The number of nitrogens with zero attached hydrogens (tertiary/aromatic N) is 1. The molecule has 1 heterocycles. The molecule has 0 saturated carbocycles. The summed E-state index contributed by atoms with van der Waals surface area (Å²) in [5.74, 6) is 0.566. The Bertz CT molecular complexity index is 976. The maximum atomic E-state index is 12.6. The Labute approximate surface area is 148 Å². The SMILES string of the molecule is COc1ccc(S(=O)(=O)C2CN(S(=O)(=O)c3cccc(C)c3)C2)cc1. The Morgan fingerprint density at radius 1 is 0.960 bits per heavy atom. The van der Waals surface area contributed by atoms with Crippen molar-refractivity contribution in [1.29, 1.82) is 0 Å². The van der Waals surface area contributed by atoms with Gasteiger partial charge in [-0.3, -0.25) is 0 Å². The standard InChI is InChI=1S/C17H19NO5S2/c1-13-4-3-5-16(10-13)25(21,22)18-11-17(12-18)24(19,20)15-8-6-14(23-2)7-9-15/h3-10,17H,11-12H2,1-2H3. The van der Waals surface area contributed by atoms with Gasteiger partial charge >= 0.3 is 0 Å². The van der Waals surface area contributed by atoms with E-state index in [1.54, 1.807) is 24.3 Å². The van der Waals surface area contributed by atoms with Crippen molar-refractivity contribution in [2.45, 2.75) is 22.0 Å². The molecule has 1 fully saturated rings. The molecule has 0 spiro atoms. The highest BCUT2D eigenvalue weighted by molar-refractivity contribution is 7.92. The van der Waals surface area contributed by atoms with Crippen LogP contribution in [-0.2, 0) is 19.9 Å². The van der Waals surface area contributed by atoms with E-state index < -0.39 is 25.1 Å². The number of ether oxygens (including phenoxy) is 1. The average Bonchev–Trinajstić information content (AvgIpc) is 2.53. The number of benzene rings is 2. The monoisotopic (exact) mass is 381 g/mol. The lowest BCUT2D eigenvalue weighted by atomic mass is 10.2. The number of sulfonamides is 1. The van der Waals surface area contributed by atoms with Crippen molar-refractivity contribution in [2.75, 3.05) is 20.2 Å². The van der Waals surface area contributed by atoms with Crippen molar-refractivity contribution in [3.8, 4) is 5.75 Å². The molecule has 0 N–H and O–H groups in total. The molecule has 2 aromatic rings. The smallest absolute Gasteiger partial charge is 0.243 e. The molecule has 1 saturated heterocycles. The third-order valence-corrected chi connectivity index (χ3v) is 8.20. The molecule has 0 amide bonds. The molecular formula is C17H19NO5S2. The zero-order chi connectivity index (χ0) is 18.2. The molecule has 6 nitrogen and oxygen atoms in total. The Kier molecular flexibility index (Phi) is 4.61. The quantitative estimate of drug-likeness (QED) is 0.790. The van der Waals surface area contributed by atoms with Crippen LogP contribution in [0.2, 0.25) is 0 Å². The van der Waals surface area contributed by atoms with Crippen molar-refractivity contribution >= 4 is 19.9 Å². The van der Waals surface area contributed by atoms with Crippen molar-refractivity contribution < 1.29 is 21.6 Å². The molecule has 1 aliphatic rings. The normalized spacial score (nSPS) is 16.4. The van der Waals surface area contributed by atoms with E-state index in [4.69, 9.17) is 4.74 Å². The summed E-state index contributed by atoms with van der Waals surface area (Å²) in [5, 5.41) is -0.736. The Morgan fingerprint density at radius 3 is 2.16 bits per heavy atom. The first-order chi connectivity index (χ1) is 11.7. The molecule has 0 bridgehead atoms. The fourth-order valence-electron chi connectivity index (χ4n) is 2.68. The number of hydrogen-bond acceptors (Lipinski definition) is 5. The number of aryl methyl sites for hydroxylation is 1. The van der Waals surface area contributed by atoms with Crippen LogP contribution in [0.15, 0.2) is 58.3 Å². The third-order valence-electron chi connectivity index (χ3n) is 4.27. The van der Waals surface area contributed by atoms with Gasteiger partial charge < -0.3 is 4.74 Å². The van der Waals surface area contributed by atoms with Gasteiger partial charge in [0, 0.05) is 13.1 Å². The molecule has 0 radical (unpaired) electrons. The highest BCUT2D eigenvalue weighted by Gasteiger charge is 2.44. The molecule has 0 unspecified atom stereocenters. The number of sulfone groups is 1. The maximum absolute atomic E-state index is 12.6. The molecule has 25 heavy (non-hydrogen) atoms. The van der Waals surface area contributed by atoms with Gasteiger partial charge in [-0.25, -0.2) is 16.8 Å². The van der Waals surface area contributed by atoms with Crippen LogP contribution >= 0.6 is 0 Å². The summed E-state index contributed by atoms with van der Waals surface area (Å²) in [6.07, 6.45) is 0. The van der Waals surface area contributed by atoms with Crippen LogP contribution < -0.4 is 4.74 Å². The Morgan fingerprint density at radius 2 is 1.60 bits per heavy atom. The van der Waals surface area contributed by atoms with Crippen LogP contribution in [0, 0.1) is 6.92 Å². The molecule has 134 valence electrons. The van der Waals surface area contributed by atoms with Gasteiger partial charge in [-0.2, -0.15) is 4.31 Å². The Hall–Kier alpha value is -1.90.